The summed E-state index contributed by atoms with van der Waals surface area (Å²) in [6.45, 7) is 2.47. The first-order chi connectivity index (χ1) is 15.9. The van der Waals surface area contributed by atoms with Crippen LogP contribution in [0, 0.1) is 0 Å². The molecule has 1 saturated heterocycles. The Labute approximate surface area is 190 Å². The number of rotatable bonds is 6. The predicted molar refractivity (Wildman–Crippen MR) is 123 cm³/mol. The number of ketones is 1. The van der Waals surface area contributed by atoms with Gasteiger partial charge in [-0.15, -0.1) is 0 Å². The second-order valence-corrected chi connectivity index (χ2v) is 7.63. The molecular formula is C26H23NO6. The number of carbonyl (C=O) groups excluding carboxylic acids is 2. The number of phenols is 2. The van der Waals surface area contributed by atoms with Gasteiger partial charge >= 0.3 is 0 Å². The average molecular weight is 445 g/mol. The number of nitrogens with zero attached hydrogens (tertiary/aromatic N) is 1. The highest BCUT2D eigenvalue weighted by Gasteiger charge is 2.47. The molecule has 1 fully saturated rings. The van der Waals surface area contributed by atoms with Gasteiger partial charge in [-0.25, -0.2) is 0 Å². The zero-order valence-corrected chi connectivity index (χ0v) is 17.9. The van der Waals surface area contributed by atoms with Gasteiger partial charge in [0, 0.05) is 5.56 Å². The zero-order valence-electron chi connectivity index (χ0n) is 17.9. The van der Waals surface area contributed by atoms with Crippen molar-refractivity contribution >= 4 is 23.1 Å². The van der Waals surface area contributed by atoms with Crippen LogP contribution in [0.5, 0.6) is 17.2 Å². The summed E-state index contributed by atoms with van der Waals surface area (Å²) in [5, 5.41) is 31.3. The predicted octanol–water partition coefficient (Wildman–Crippen LogP) is 4.51. The molecule has 0 aliphatic carbocycles. The van der Waals surface area contributed by atoms with Gasteiger partial charge in [-0.1, -0.05) is 43.3 Å². The summed E-state index contributed by atoms with van der Waals surface area (Å²) in [4.78, 5) is 27.4. The van der Waals surface area contributed by atoms with Gasteiger partial charge in [-0.3, -0.25) is 14.5 Å². The fraction of sp³-hybridized carbons (Fsp3) is 0.154. The number of aliphatic hydroxyl groups is 1. The minimum absolute atomic E-state index is 0.0130. The molecular weight excluding hydrogens is 422 g/mol. The lowest BCUT2D eigenvalue weighted by molar-refractivity contribution is -0.132. The maximum Gasteiger partial charge on any atom is 0.300 e. The van der Waals surface area contributed by atoms with Gasteiger partial charge in [-0.05, 0) is 48.4 Å². The van der Waals surface area contributed by atoms with Crippen molar-refractivity contribution in [3.8, 4) is 17.2 Å². The number of anilines is 1. The van der Waals surface area contributed by atoms with E-state index in [1.165, 1.54) is 24.3 Å². The Morgan fingerprint density at radius 1 is 0.970 bits per heavy atom. The molecule has 3 N–H and O–H groups in total. The fourth-order valence-electron chi connectivity index (χ4n) is 3.83. The third-order valence-corrected chi connectivity index (χ3v) is 5.37. The maximum absolute atomic E-state index is 13.2. The van der Waals surface area contributed by atoms with Gasteiger partial charge in [0.2, 0.25) is 0 Å². The topological polar surface area (TPSA) is 107 Å². The Balaban J connectivity index is 1.90. The molecule has 0 aromatic heterocycles. The third kappa shape index (κ3) is 4.13. The Kier molecular flexibility index (Phi) is 6.04. The van der Waals surface area contributed by atoms with Crippen LogP contribution in [0.1, 0.15) is 30.5 Å². The van der Waals surface area contributed by atoms with E-state index >= 15 is 0 Å². The smallest absolute Gasteiger partial charge is 0.300 e. The lowest BCUT2D eigenvalue weighted by atomic mass is 9.95. The van der Waals surface area contributed by atoms with Crippen molar-refractivity contribution < 1.29 is 29.6 Å². The summed E-state index contributed by atoms with van der Waals surface area (Å²) in [5.41, 5.74) is 0.816. The van der Waals surface area contributed by atoms with E-state index in [1.807, 2.05) is 6.92 Å². The highest BCUT2D eigenvalue weighted by molar-refractivity contribution is 6.51. The van der Waals surface area contributed by atoms with E-state index in [-0.39, 0.29) is 28.5 Å². The molecule has 7 heteroatoms. The van der Waals surface area contributed by atoms with Crippen LogP contribution in [0.2, 0.25) is 0 Å². The van der Waals surface area contributed by atoms with Gasteiger partial charge in [0.15, 0.2) is 0 Å². The number of aliphatic hydroxyl groups excluding tert-OH is 1. The molecule has 3 aromatic carbocycles. The average Bonchev–Trinajstić information content (AvgIpc) is 3.08. The molecule has 0 spiro atoms. The summed E-state index contributed by atoms with van der Waals surface area (Å²) in [6, 6.07) is 17.8. The summed E-state index contributed by atoms with van der Waals surface area (Å²) in [7, 11) is 0. The minimum atomic E-state index is -1.01. The molecule has 0 radical (unpaired) electrons. The second-order valence-electron chi connectivity index (χ2n) is 7.63. The summed E-state index contributed by atoms with van der Waals surface area (Å²) in [6.07, 6.45) is 0.808. The Morgan fingerprint density at radius 2 is 1.70 bits per heavy atom. The van der Waals surface area contributed by atoms with Crippen molar-refractivity contribution in [2.75, 3.05) is 11.5 Å². The molecule has 168 valence electrons. The van der Waals surface area contributed by atoms with Gasteiger partial charge in [0.05, 0.1) is 23.9 Å². The number of hydrogen-bond donors (Lipinski definition) is 3. The highest BCUT2D eigenvalue weighted by Crippen LogP contribution is 2.44. The second kappa shape index (κ2) is 9.08. The molecule has 1 aliphatic rings. The molecule has 0 bridgehead atoms. The quantitative estimate of drug-likeness (QED) is 0.293. The van der Waals surface area contributed by atoms with Crippen LogP contribution in [-0.2, 0) is 9.59 Å². The van der Waals surface area contributed by atoms with E-state index in [4.69, 9.17) is 4.74 Å². The van der Waals surface area contributed by atoms with Crippen molar-refractivity contribution in [3.63, 3.8) is 0 Å². The van der Waals surface area contributed by atoms with E-state index in [2.05, 4.69) is 0 Å². The van der Waals surface area contributed by atoms with Crippen LogP contribution in [0.4, 0.5) is 5.69 Å². The molecule has 3 aromatic rings. The van der Waals surface area contributed by atoms with Gasteiger partial charge in [-0.2, -0.15) is 0 Å². The molecule has 1 amide bonds. The van der Waals surface area contributed by atoms with Gasteiger partial charge in [0.25, 0.3) is 11.7 Å². The maximum atomic E-state index is 13.2. The first kappa shape index (κ1) is 22.0. The van der Waals surface area contributed by atoms with Crippen molar-refractivity contribution in [1.29, 1.82) is 0 Å². The van der Waals surface area contributed by atoms with E-state index in [0.717, 1.165) is 11.3 Å². The van der Waals surface area contributed by atoms with Crippen molar-refractivity contribution in [2.24, 2.45) is 0 Å². The first-order valence-corrected chi connectivity index (χ1v) is 10.5. The Bertz CT molecular complexity index is 1230. The fourth-order valence-corrected chi connectivity index (χ4v) is 3.83. The number of aromatic hydroxyl groups is 2. The number of benzene rings is 3. The molecule has 1 unspecified atom stereocenters. The van der Waals surface area contributed by atoms with Crippen molar-refractivity contribution in [3.05, 3.63) is 89.5 Å². The van der Waals surface area contributed by atoms with Crippen LogP contribution in [0.15, 0.2) is 78.4 Å². The normalized spacial score (nSPS) is 17.4. The Hall–Kier alpha value is -4.26. The van der Waals surface area contributed by atoms with Crippen LogP contribution in [-0.4, -0.2) is 33.6 Å². The Morgan fingerprint density at radius 3 is 2.39 bits per heavy atom. The third-order valence-electron chi connectivity index (χ3n) is 5.37. The van der Waals surface area contributed by atoms with E-state index in [0.29, 0.717) is 23.5 Å². The largest absolute Gasteiger partial charge is 0.508 e. The van der Waals surface area contributed by atoms with E-state index in [9.17, 15) is 24.9 Å². The number of ether oxygens (including phenoxy) is 1. The van der Waals surface area contributed by atoms with Crippen molar-refractivity contribution in [2.45, 2.75) is 19.4 Å². The SMILES string of the molecule is CCCOc1cccc(/C(O)=C2\C(=O)C(=O)N(c3ccccc3O)C2c2ccc(O)cc2)c1. The number of para-hydroxylation sites is 2. The molecule has 0 saturated carbocycles. The first-order valence-electron chi connectivity index (χ1n) is 10.5. The van der Waals surface area contributed by atoms with Crippen LogP contribution < -0.4 is 9.64 Å². The molecule has 1 heterocycles. The lowest BCUT2D eigenvalue weighted by Gasteiger charge is -2.26. The number of Topliss-reactive ketones (excluding diaryl/α,β-unsaturated/α-hetero) is 1. The number of phenolic OH excluding ortho intramolecular Hbond substituents is 2. The highest BCUT2D eigenvalue weighted by atomic mass is 16.5. The van der Waals surface area contributed by atoms with Crippen LogP contribution in [0.3, 0.4) is 0 Å². The van der Waals surface area contributed by atoms with Crippen LogP contribution in [0.25, 0.3) is 5.76 Å². The summed E-state index contributed by atoms with van der Waals surface area (Å²) in [5.74, 6) is -1.76. The zero-order chi connectivity index (χ0) is 23.5. The number of carbonyl (C=O) groups is 2. The molecule has 4 rings (SSSR count). The molecule has 1 atom stereocenters. The molecule has 7 nitrogen and oxygen atoms in total. The standard InChI is InChI=1S/C26H23NO6/c1-2-14-33-19-7-5-6-17(15-19)24(30)22-23(16-10-12-18(28)13-11-16)27(26(32)25(22)31)20-8-3-4-9-21(20)29/h3-13,15,23,28-30H,2,14H2,1H3/b24-22+. The lowest BCUT2D eigenvalue weighted by Crippen LogP contribution is -2.29. The van der Waals surface area contributed by atoms with E-state index in [1.54, 1.807) is 48.5 Å². The van der Waals surface area contributed by atoms with Crippen molar-refractivity contribution in [1.82, 2.24) is 0 Å². The van der Waals surface area contributed by atoms with E-state index < -0.39 is 17.7 Å². The van der Waals surface area contributed by atoms with Crippen LogP contribution >= 0.6 is 0 Å². The summed E-state index contributed by atoms with van der Waals surface area (Å²) >= 11 is 0. The monoisotopic (exact) mass is 445 g/mol. The number of hydrogen-bond acceptors (Lipinski definition) is 6. The number of amides is 1. The minimum Gasteiger partial charge on any atom is -0.508 e. The van der Waals surface area contributed by atoms with Gasteiger partial charge in [0.1, 0.15) is 23.0 Å². The molecule has 1 aliphatic heterocycles. The summed E-state index contributed by atoms with van der Waals surface area (Å²) < 4.78 is 5.63. The van der Waals surface area contributed by atoms with Gasteiger partial charge < -0.3 is 20.1 Å². The molecule has 33 heavy (non-hydrogen) atoms.